The van der Waals surface area contributed by atoms with E-state index in [1.165, 1.54) is 0 Å². The van der Waals surface area contributed by atoms with Gasteiger partial charge in [0.1, 0.15) is 30.6 Å². The maximum Gasteiger partial charge on any atom is 0.268 e. The molecule has 0 aromatic heterocycles. The van der Waals surface area contributed by atoms with E-state index < -0.39 is 0 Å². The number of benzene rings is 3. The van der Waals surface area contributed by atoms with Crippen LogP contribution in [0.4, 0.5) is 5.69 Å². The number of para-hydroxylation sites is 2. The third-order valence-corrected chi connectivity index (χ3v) is 5.81. The maximum absolute atomic E-state index is 13.1. The Balaban J connectivity index is 1.45. The van der Waals surface area contributed by atoms with Crippen LogP contribution < -0.4 is 19.1 Å². The molecule has 0 radical (unpaired) electrons. The zero-order chi connectivity index (χ0) is 24.6. The molecule has 0 fully saturated rings. The average Bonchev–Trinajstić information content (AvgIpc) is 3.31. The summed E-state index contributed by atoms with van der Waals surface area (Å²) in [5.41, 5.74) is 2.70. The number of nitriles is 1. The van der Waals surface area contributed by atoms with Gasteiger partial charge >= 0.3 is 0 Å². The highest BCUT2D eigenvalue weighted by Crippen LogP contribution is 2.31. The van der Waals surface area contributed by atoms with Crippen molar-refractivity contribution in [2.24, 2.45) is 0 Å². The minimum Gasteiger partial charge on any atom is -0.490 e. The number of carbonyl (C=O) groups is 1. The number of amides is 1. The molecule has 6 nitrogen and oxygen atoms in total. The number of hydrogen-bond donors (Lipinski definition) is 0. The van der Waals surface area contributed by atoms with Gasteiger partial charge < -0.3 is 19.1 Å². The van der Waals surface area contributed by atoms with Gasteiger partial charge in [0.15, 0.2) is 11.5 Å². The minimum atomic E-state index is -0.313. The molecule has 1 aliphatic heterocycles. The van der Waals surface area contributed by atoms with E-state index in [4.69, 9.17) is 25.8 Å². The van der Waals surface area contributed by atoms with Crippen LogP contribution in [0.2, 0.25) is 5.02 Å². The molecule has 1 heterocycles. The summed E-state index contributed by atoms with van der Waals surface area (Å²) in [4.78, 5) is 14.7. The van der Waals surface area contributed by atoms with Crippen molar-refractivity contribution in [2.45, 2.75) is 13.3 Å². The van der Waals surface area contributed by atoms with E-state index in [-0.39, 0.29) is 18.1 Å². The highest BCUT2D eigenvalue weighted by atomic mass is 35.5. The van der Waals surface area contributed by atoms with Crippen LogP contribution in [0.5, 0.6) is 17.2 Å². The Morgan fingerprint density at radius 3 is 2.51 bits per heavy atom. The predicted octanol–water partition coefficient (Wildman–Crippen LogP) is 5.69. The molecule has 7 heteroatoms. The number of rotatable bonds is 9. The normalized spacial score (nSPS) is 12.6. The molecule has 0 bridgehead atoms. The molecule has 0 atom stereocenters. The first-order valence-corrected chi connectivity index (χ1v) is 11.8. The van der Waals surface area contributed by atoms with Gasteiger partial charge in [0.25, 0.3) is 5.91 Å². The summed E-state index contributed by atoms with van der Waals surface area (Å²) in [5, 5.41) is 10.2. The second-order valence-electron chi connectivity index (χ2n) is 7.77. The monoisotopic (exact) mass is 488 g/mol. The lowest BCUT2D eigenvalue weighted by molar-refractivity contribution is -0.114. The van der Waals surface area contributed by atoms with Crippen molar-refractivity contribution in [3.05, 3.63) is 88.5 Å². The average molecular weight is 489 g/mol. The summed E-state index contributed by atoms with van der Waals surface area (Å²) >= 11 is 6.10. The zero-order valence-corrected chi connectivity index (χ0v) is 20.1. The Morgan fingerprint density at radius 1 is 1.00 bits per heavy atom. The molecule has 0 saturated carbocycles. The van der Waals surface area contributed by atoms with Crippen LogP contribution in [0.3, 0.4) is 0 Å². The molecule has 35 heavy (non-hydrogen) atoms. The van der Waals surface area contributed by atoms with Crippen LogP contribution in [0.15, 0.2) is 72.3 Å². The second kappa shape index (κ2) is 11.5. The van der Waals surface area contributed by atoms with Crippen molar-refractivity contribution < 1.29 is 19.0 Å². The standard InChI is InChI=1S/C28H25ClN2O4/c1-2-33-27-18-20(11-12-26(27)35-16-15-34-25-10-6-4-8-23(25)29)17-22(19-30)28(32)31-14-13-21-7-3-5-9-24(21)31/h3-12,17-18H,2,13-16H2,1H3. The lowest BCUT2D eigenvalue weighted by Gasteiger charge is -2.17. The van der Waals surface area contributed by atoms with E-state index in [1.54, 1.807) is 41.3 Å². The van der Waals surface area contributed by atoms with Gasteiger partial charge in [-0.1, -0.05) is 48.0 Å². The van der Waals surface area contributed by atoms with E-state index >= 15 is 0 Å². The Bertz CT molecular complexity index is 1280. The van der Waals surface area contributed by atoms with E-state index in [1.807, 2.05) is 43.3 Å². The molecule has 0 saturated heterocycles. The van der Waals surface area contributed by atoms with Crippen molar-refractivity contribution in [3.8, 4) is 23.3 Å². The summed E-state index contributed by atoms with van der Waals surface area (Å²) in [6, 6.07) is 22.4. The van der Waals surface area contributed by atoms with Gasteiger partial charge in [-0.3, -0.25) is 4.79 Å². The summed E-state index contributed by atoms with van der Waals surface area (Å²) in [7, 11) is 0. The van der Waals surface area contributed by atoms with Gasteiger partial charge in [-0.25, -0.2) is 0 Å². The molecule has 4 rings (SSSR count). The molecule has 0 aliphatic carbocycles. The van der Waals surface area contributed by atoms with Crippen molar-refractivity contribution in [1.29, 1.82) is 5.26 Å². The lowest BCUT2D eigenvalue weighted by Crippen LogP contribution is -2.29. The number of fused-ring (bicyclic) bond motifs is 1. The molecule has 0 spiro atoms. The van der Waals surface area contributed by atoms with Crippen LogP contribution in [0.25, 0.3) is 6.08 Å². The molecular formula is C28H25ClN2O4. The Labute approximate surface area is 209 Å². The highest BCUT2D eigenvalue weighted by molar-refractivity contribution is 6.32. The smallest absolute Gasteiger partial charge is 0.268 e. The van der Waals surface area contributed by atoms with Crippen LogP contribution >= 0.6 is 11.6 Å². The molecule has 0 unspecified atom stereocenters. The number of hydrogen-bond acceptors (Lipinski definition) is 5. The van der Waals surface area contributed by atoms with E-state index in [2.05, 4.69) is 6.07 Å². The molecule has 1 aliphatic rings. The lowest BCUT2D eigenvalue weighted by atomic mass is 10.1. The molecular weight excluding hydrogens is 464 g/mol. The SMILES string of the molecule is CCOc1cc(C=C(C#N)C(=O)N2CCc3ccccc32)ccc1OCCOc1ccccc1Cl. The third-order valence-electron chi connectivity index (χ3n) is 5.50. The Kier molecular flexibility index (Phi) is 7.92. The number of nitrogens with zero attached hydrogens (tertiary/aromatic N) is 2. The highest BCUT2D eigenvalue weighted by Gasteiger charge is 2.26. The van der Waals surface area contributed by atoms with Crippen molar-refractivity contribution in [3.63, 3.8) is 0 Å². The van der Waals surface area contributed by atoms with Crippen LogP contribution in [-0.4, -0.2) is 32.3 Å². The number of halogens is 1. The van der Waals surface area contributed by atoms with Crippen LogP contribution in [0, 0.1) is 11.3 Å². The van der Waals surface area contributed by atoms with Gasteiger partial charge in [-0.15, -0.1) is 0 Å². The first-order chi connectivity index (χ1) is 17.1. The fourth-order valence-corrected chi connectivity index (χ4v) is 4.06. The van der Waals surface area contributed by atoms with E-state index in [9.17, 15) is 10.1 Å². The van der Waals surface area contributed by atoms with Crippen molar-refractivity contribution >= 4 is 29.3 Å². The van der Waals surface area contributed by atoms with Gasteiger partial charge in [0.2, 0.25) is 0 Å². The fourth-order valence-electron chi connectivity index (χ4n) is 3.87. The predicted molar refractivity (Wildman–Crippen MR) is 136 cm³/mol. The number of anilines is 1. The molecule has 178 valence electrons. The molecule has 3 aromatic carbocycles. The third kappa shape index (κ3) is 5.76. The van der Waals surface area contributed by atoms with E-state index in [0.717, 1.165) is 17.7 Å². The summed E-state index contributed by atoms with van der Waals surface area (Å²) in [6.45, 7) is 3.47. The second-order valence-corrected chi connectivity index (χ2v) is 8.18. The summed E-state index contributed by atoms with van der Waals surface area (Å²) in [6.07, 6.45) is 2.36. The first-order valence-electron chi connectivity index (χ1n) is 11.4. The van der Waals surface area contributed by atoms with Gasteiger partial charge in [0, 0.05) is 12.2 Å². The number of ether oxygens (including phenoxy) is 3. The van der Waals surface area contributed by atoms with Crippen molar-refractivity contribution in [2.75, 3.05) is 31.3 Å². The molecule has 0 N–H and O–H groups in total. The van der Waals surface area contributed by atoms with Crippen LogP contribution in [-0.2, 0) is 11.2 Å². The Hall–Kier alpha value is -3.95. The quantitative estimate of drug-likeness (QED) is 0.220. The topological polar surface area (TPSA) is 71.8 Å². The molecule has 1 amide bonds. The van der Waals surface area contributed by atoms with Crippen LogP contribution in [0.1, 0.15) is 18.1 Å². The molecule has 3 aromatic rings. The Morgan fingerprint density at radius 2 is 1.74 bits per heavy atom. The first kappa shape index (κ1) is 24.2. The summed E-state index contributed by atoms with van der Waals surface area (Å²) in [5.74, 6) is 1.35. The number of carbonyl (C=O) groups excluding carboxylic acids is 1. The van der Waals surface area contributed by atoms with Crippen molar-refractivity contribution in [1.82, 2.24) is 0 Å². The minimum absolute atomic E-state index is 0.0611. The van der Waals surface area contributed by atoms with E-state index in [0.29, 0.717) is 47.6 Å². The van der Waals surface area contributed by atoms with Gasteiger partial charge in [-0.2, -0.15) is 5.26 Å². The largest absolute Gasteiger partial charge is 0.490 e. The van der Waals surface area contributed by atoms with Gasteiger partial charge in [0.05, 0.1) is 11.6 Å². The fraction of sp³-hybridized carbons (Fsp3) is 0.214. The summed E-state index contributed by atoms with van der Waals surface area (Å²) < 4.78 is 17.3. The maximum atomic E-state index is 13.1. The zero-order valence-electron chi connectivity index (χ0n) is 19.4. The van der Waals surface area contributed by atoms with Gasteiger partial charge in [-0.05, 0) is 60.9 Å².